The second kappa shape index (κ2) is 25.5. The summed E-state index contributed by atoms with van der Waals surface area (Å²) in [6.07, 6.45) is 24.3. The molecule has 0 aromatic carbocycles. The summed E-state index contributed by atoms with van der Waals surface area (Å²) >= 11 is 0. The van der Waals surface area contributed by atoms with E-state index in [4.69, 9.17) is 0 Å². The van der Waals surface area contributed by atoms with E-state index in [0.29, 0.717) is 25.9 Å². The SMILES string of the molecule is CCCCCCCCCCCC(=O)NCC[N+](C)(CC)CCNC(=O)CCCCCCCCCCC. The van der Waals surface area contributed by atoms with Crippen LogP contribution in [0.15, 0.2) is 0 Å². The maximum absolute atomic E-state index is 12.2. The smallest absolute Gasteiger partial charge is 0.220 e. The zero-order valence-corrected chi connectivity index (χ0v) is 24.9. The standard InChI is InChI=1S/C31H63N3O2/c1-5-8-10-12-14-16-18-20-22-24-30(35)32-26-28-34(4,7-3)29-27-33-31(36)25-23-21-19-17-15-13-11-9-6-2/h5-29H2,1-4H3,(H-,32,33,35,36)/p+1. The van der Waals surface area contributed by atoms with Crippen LogP contribution in [0.5, 0.6) is 0 Å². The van der Waals surface area contributed by atoms with Gasteiger partial charge in [-0.05, 0) is 19.8 Å². The molecule has 0 aliphatic carbocycles. The molecule has 0 saturated heterocycles. The first-order valence-corrected chi connectivity index (χ1v) is 15.8. The van der Waals surface area contributed by atoms with Crippen molar-refractivity contribution in [1.82, 2.24) is 10.6 Å². The van der Waals surface area contributed by atoms with Crippen molar-refractivity contribution in [1.29, 1.82) is 0 Å². The largest absolute Gasteiger partial charge is 0.350 e. The Bertz CT molecular complexity index is 470. The summed E-state index contributed by atoms with van der Waals surface area (Å²) < 4.78 is 0.872. The molecule has 0 unspecified atom stereocenters. The molecular weight excluding hydrogens is 446 g/mol. The minimum Gasteiger partial charge on any atom is -0.350 e. The lowest BCUT2D eigenvalue weighted by Crippen LogP contribution is -2.52. The summed E-state index contributed by atoms with van der Waals surface area (Å²) in [5, 5.41) is 6.23. The molecule has 0 saturated carbocycles. The number of unbranched alkanes of at least 4 members (excludes halogenated alkanes) is 16. The van der Waals surface area contributed by atoms with Crippen molar-refractivity contribution < 1.29 is 14.1 Å². The normalized spacial score (nSPS) is 11.6. The first-order valence-electron chi connectivity index (χ1n) is 15.8. The molecule has 0 bridgehead atoms. The van der Waals surface area contributed by atoms with E-state index in [2.05, 4.69) is 38.5 Å². The quantitative estimate of drug-likeness (QED) is 0.0886. The molecule has 0 radical (unpaired) electrons. The van der Waals surface area contributed by atoms with Gasteiger partial charge in [-0.15, -0.1) is 0 Å². The highest BCUT2D eigenvalue weighted by Gasteiger charge is 2.19. The summed E-state index contributed by atoms with van der Waals surface area (Å²) in [5.74, 6) is 0.379. The van der Waals surface area contributed by atoms with E-state index in [9.17, 15) is 9.59 Å². The van der Waals surface area contributed by atoms with Crippen molar-refractivity contribution in [2.75, 3.05) is 39.8 Å². The highest BCUT2D eigenvalue weighted by molar-refractivity contribution is 5.76. The number of hydrogen-bond donors (Lipinski definition) is 2. The average Bonchev–Trinajstić information content (AvgIpc) is 2.86. The second-order valence-corrected chi connectivity index (χ2v) is 11.2. The van der Waals surface area contributed by atoms with Gasteiger partial charge in [0.25, 0.3) is 0 Å². The summed E-state index contributed by atoms with van der Waals surface area (Å²) in [6.45, 7) is 11.0. The summed E-state index contributed by atoms with van der Waals surface area (Å²) in [5.41, 5.74) is 0. The number of likely N-dealkylation sites (N-methyl/N-ethyl adjacent to an activating group) is 1. The van der Waals surface area contributed by atoms with Gasteiger partial charge in [-0.1, -0.05) is 117 Å². The molecule has 214 valence electrons. The lowest BCUT2D eigenvalue weighted by atomic mass is 10.1. The van der Waals surface area contributed by atoms with Crippen LogP contribution in [-0.2, 0) is 9.59 Å². The fourth-order valence-electron chi connectivity index (χ4n) is 4.73. The fourth-order valence-corrected chi connectivity index (χ4v) is 4.73. The first kappa shape index (κ1) is 34.9. The topological polar surface area (TPSA) is 58.2 Å². The third kappa shape index (κ3) is 23.3. The van der Waals surface area contributed by atoms with Crippen LogP contribution in [0.2, 0.25) is 0 Å². The lowest BCUT2D eigenvalue weighted by molar-refractivity contribution is -0.905. The number of amides is 2. The van der Waals surface area contributed by atoms with E-state index in [1.54, 1.807) is 0 Å². The minimum absolute atomic E-state index is 0.190. The molecule has 5 heteroatoms. The highest BCUT2D eigenvalue weighted by atomic mass is 16.2. The molecule has 2 N–H and O–H groups in total. The lowest BCUT2D eigenvalue weighted by Gasteiger charge is -2.33. The van der Waals surface area contributed by atoms with Crippen LogP contribution in [0.4, 0.5) is 0 Å². The van der Waals surface area contributed by atoms with E-state index < -0.39 is 0 Å². The van der Waals surface area contributed by atoms with Gasteiger partial charge in [0.1, 0.15) is 0 Å². The number of quaternary nitrogens is 1. The molecule has 0 aliphatic heterocycles. The van der Waals surface area contributed by atoms with Gasteiger partial charge < -0.3 is 15.1 Å². The highest BCUT2D eigenvalue weighted by Crippen LogP contribution is 2.11. The van der Waals surface area contributed by atoms with E-state index in [1.807, 2.05) is 0 Å². The Hall–Kier alpha value is -1.10. The maximum atomic E-state index is 12.2. The predicted molar refractivity (Wildman–Crippen MR) is 156 cm³/mol. The molecule has 0 rings (SSSR count). The third-order valence-corrected chi connectivity index (χ3v) is 7.73. The fraction of sp³-hybridized carbons (Fsp3) is 0.935. The van der Waals surface area contributed by atoms with Crippen molar-refractivity contribution in [2.24, 2.45) is 0 Å². The van der Waals surface area contributed by atoms with Crippen LogP contribution in [-0.4, -0.2) is 56.1 Å². The van der Waals surface area contributed by atoms with Crippen molar-refractivity contribution in [3.05, 3.63) is 0 Å². The second-order valence-electron chi connectivity index (χ2n) is 11.2. The Morgan fingerprint density at radius 2 is 0.806 bits per heavy atom. The molecular formula is C31H64N3O2+. The number of nitrogens with one attached hydrogen (secondary N) is 2. The minimum atomic E-state index is 0.190. The number of carbonyl (C=O) groups is 2. The Labute approximate surface area is 225 Å². The van der Waals surface area contributed by atoms with Crippen LogP contribution in [0.25, 0.3) is 0 Å². The maximum Gasteiger partial charge on any atom is 0.220 e. The molecule has 2 amide bonds. The zero-order chi connectivity index (χ0) is 26.7. The van der Waals surface area contributed by atoms with E-state index >= 15 is 0 Å². The van der Waals surface area contributed by atoms with Crippen molar-refractivity contribution in [2.45, 2.75) is 149 Å². The number of rotatable bonds is 27. The van der Waals surface area contributed by atoms with Gasteiger partial charge in [0.2, 0.25) is 11.8 Å². The van der Waals surface area contributed by atoms with E-state index in [1.165, 1.54) is 103 Å². The number of hydrogen-bond acceptors (Lipinski definition) is 2. The summed E-state index contributed by atoms with van der Waals surface area (Å²) in [6, 6.07) is 0. The van der Waals surface area contributed by atoms with Crippen LogP contribution in [0.1, 0.15) is 149 Å². The monoisotopic (exact) mass is 510 g/mol. The molecule has 5 nitrogen and oxygen atoms in total. The summed E-state index contributed by atoms with van der Waals surface area (Å²) in [7, 11) is 2.22. The van der Waals surface area contributed by atoms with Crippen LogP contribution < -0.4 is 10.6 Å². The zero-order valence-electron chi connectivity index (χ0n) is 24.9. The molecule has 0 heterocycles. The molecule has 0 spiro atoms. The van der Waals surface area contributed by atoms with Gasteiger partial charge in [-0.3, -0.25) is 9.59 Å². The molecule has 0 aromatic heterocycles. The van der Waals surface area contributed by atoms with Crippen LogP contribution in [0.3, 0.4) is 0 Å². The first-order chi connectivity index (χ1) is 17.5. The van der Waals surface area contributed by atoms with Crippen molar-refractivity contribution in [3.8, 4) is 0 Å². The Morgan fingerprint density at radius 3 is 1.11 bits per heavy atom. The number of carbonyl (C=O) groups excluding carboxylic acids is 2. The summed E-state index contributed by atoms with van der Waals surface area (Å²) in [4.78, 5) is 24.4. The molecule has 0 fully saturated rings. The van der Waals surface area contributed by atoms with Gasteiger partial charge in [0, 0.05) is 12.8 Å². The van der Waals surface area contributed by atoms with E-state index in [-0.39, 0.29) is 11.8 Å². The molecule has 0 atom stereocenters. The Morgan fingerprint density at radius 1 is 0.500 bits per heavy atom. The Kier molecular flexibility index (Phi) is 24.8. The predicted octanol–water partition coefficient (Wildman–Crippen LogP) is 7.53. The van der Waals surface area contributed by atoms with Crippen LogP contribution >= 0.6 is 0 Å². The van der Waals surface area contributed by atoms with Gasteiger partial charge >= 0.3 is 0 Å². The van der Waals surface area contributed by atoms with Gasteiger partial charge in [0.15, 0.2) is 0 Å². The van der Waals surface area contributed by atoms with Crippen molar-refractivity contribution >= 4 is 11.8 Å². The van der Waals surface area contributed by atoms with Gasteiger partial charge in [0.05, 0.1) is 39.8 Å². The third-order valence-electron chi connectivity index (χ3n) is 7.73. The molecule has 0 aromatic rings. The molecule has 36 heavy (non-hydrogen) atoms. The average molecular weight is 511 g/mol. The number of nitrogens with zero attached hydrogens (tertiary/aromatic N) is 1. The van der Waals surface area contributed by atoms with Gasteiger partial charge in [-0.25, -0.2) is 0 Å². The van der Waals surface area contributed by atoms with Crippen molar-refractivity contribution in [3.63, 3.8) is 0 Å². The Balaban J connectivity index is 3.71. The van der Waals surface area contributed by atoms with Crippen LogP contribution in [0, 0.1) is 0 Å². The van der Waals surface area contributed by atoms with E-state index in [0.717, 1.165) is 37.0 Å². The molecule has 0 aliphatic rings. The van der Waals surface area contributed by atoms with Gasteiger partial charge in [-0.2, -0.15) is 0 Å².